The average Bonchev–Trinajstić information content (AvgIpc) is 2.22. The quantitative estimate of drug-likeness (QED) is 0.344. The Hall–Kier alpha value is -0.940. The van der Waals surface area contributed by atoms with Gasteiger partial charge in [0.1, 0.15) is 6.29 Å². The molecule has 0 saturated heterocycles. The number of hydrogen-bond acceptors (Lipinski definition) is 4. The van der Waals surface area contributed by atoms with Crippen molar-refractivity contribution in [1.82, 2.24) is 16.0 Å². The van der Waals surface area contributed by atoms with E-state index in [1.165, 1.54) is 0 Å². The predicted molar refractivity (Wildman–Crippen MR) is 55.1 cm³/mol. The molecule has 1 atom stereocenters. The van der Waals surface area contributed by atoms with Crippen LogP contribution in [0.5, 0.6) is 0 Å². The summed E-state index contributed by atoms with van der Waals surface area (Å²) in [6.07, 6.45) is 2.46. The molecule has 0 aliphatic carbocycles. The van der Waals surface area contributed by atoms with E-state index in [2.05, 4.69) is 16.0 Å². The van der Waals surface area contributed by atoms with Gasteiger partial charge in [-0.25, -0.2) is 0 Å². The molecule has 0 rings (SSSR count). The van der Waals surface area contributed by atoms with Crippen LogP contribution in [0.4, 0.5) is 0 Å². The van der Waals surface area contributed by atoms with Gasteiger partial charge < -0.3 is 20.7 Å². The first-order valence-corrected chi connectivity index (χ1v) is 4.79. The summed E-state index contributed by atoms with van der Waals surface area (Å²) in [5.41, 5.74) is 0. The molecule has 0 aromatic carbocycles. The van der Waals surface area contributed by atoms with E-state index in [-0.39, 0.29) is 11.9 Å². The third-order valence-corrected chi connectivity index (χ3v) is 1.99. The summed E-state index contributed by atoms with van der Waals surface area (Å²) in [4.78, 5) is 21.2. The molecule has 0 aliphatic heterocycles. The van der Waals surface area contributed by atoms with Gasteiger partial charge in [-0.15, -0.1) is 0 Å². The highest BCUT2D eigenvalue weighted by Gasteiger charge is 2.13. The van der Waals surface area contributed by atoms with Gasteiger partial charge in [-0.3, -0.25) is 4.79 Å². The monoisotopic (exact) mass is 201 g/mol. The Labute approximate surface area is 84.6 Å². The Balaban J connectivity index is 3.52. The maximum Gasteiger partial charge on any atom is 0.236 e. The highest BCUT2D eigenvalue weighted by atomic mass is 16.2. The van der Waals surface area contributed by atoms with Crippen molar-refractivity contribution >= 4 is 12.2 Å². The molecular weight excluding hydrogens is 182 g/mol. The zero-order valence-electron chi connectivity index (χ0n) is 8.80. The molecule has 0 bridgehead atoms. The number of aldehydes is 1. The molecule has 5 heteroatoms. The van der Waals surface area contributed by atoms with E-state index in [0.717, 1.165) is 25.7 Å². The fourth-order valence-electron chi connectivity index (χ4n) is 1.17. The van der Waals surface area contributed by atoms with Crippen molar-refractivity contribution in [3.63, 3.8) is 0 Å². The van der Waals surface area contributed by atoms with Crippen LogP contribution in [-0.4, -0.2) is 45.4 Å². The SMILES string of the molecule is CNC(=O)C(CCCNCC=O)NC. The largest absolute Gasteiger partial charge is 0.358 e. The maximum atomic E-state index is 11.2. The maximum absolute atomic E-state index is 11.2. The number of carbonyl (C=O) groups is 2. The summed E-state index contributed by atoms with van der Waals surface area (Å²) in [6.45, 7) is 1.14. The van der Waals surface area contributed by atoms with Crippen LogP contribution in [0.2, 0.25) is 0 Å². The van der Waals surface area contributed by atoms with E-state index < -0.39 is 0 Å². The highest BCUT2D eigenvalue weighted by Crippen LogP contribution is 1.95. The molecule has 5 nitrogen and oxygen atoms in total. The number of amides is 1. The minimum absolute atomic E-state index is 0.00267. The zero-order chi connectivity index (χ0) is 10.8. The van der Waals surface area contributed by atoms with Crippen LogP contribution < -0.4 is 16.0 Å². The van der Waals surface area contributed by atoms with Crippen LogP contribution >= 0.6 is 0 Å². The predicted octanol–water partition coefficient (Wildman–Crippen LogP) is -1.11. The Morgan fingerprint density at radius 3 is 2.64 bits per heavy atom. The standard InChI is InChI=1S/C9H19N3O2/c1-10-8(9(14)11-2)4-3-5-12-6-7-13/h7-8,10,12H,3-6H2,1-2H3,(H,11,14). The van der Waals surface area contributed by atoms with Gasteiger partial charge in [0.2, 0.25) is 5.91 Å². The fourth-order valence-corrected chi connectivity index (χ4v) is 1.17. The van der Waals surface area contributed by atoms with Crippen LogP contribution in [0.3, 0.4) is 0 Å². The Bertz CT molecular complexity index is 173. The van der Waals surface area contributed by atoms with Gasteiger partial charge in [-0.2, -0.15) is 0 Å². The number of hydrogen-bond donors (Lipinski definition) is 3. The van der Waals surface area contributed by atoms with Crippen molar-refractivity contribution in [2.45, 2.75) is 18.9 Å². The minimum Gasteiger partial charge on any atom is -0.358 e. The first-order chi connectivity index (χ1) is 6.76. The van der Waals surface area contributed by atoms with E-state index >= 15 is 0 Å². The van der Waals surface area contributed by atoms with Gasteiger partial charge in [0.05, 0.1) is 12.6 Å². The molecule has 0 fully saturated rings. The number of rotatable bonds is 8. The van der Waals surface area contributed by atoms with E-state index in [9.17, 15) is 9.59 Å². The Morgan fingerprint density at radius 1 is 1.43 bits per heavy atom. The summed E-state index contributed by atoms with van der Waals surface area (Å²) >= 11 is 0. The summed E-state index contributed by atoms with van der Waals surface area (Å²) in [7, 11) is 3.38. The lowest BCUT2D eigenvalue weighted by molar-refractivity contribution is -0.122. The van der Waals surface area contributed by atoms with Gasteiger partial charge in [-0.1, -0.05) is 0 Å². The molecule has 0 heterocycles. The third kappa shape index (κ3) is 5.66. The zero-order valence-corrected chi connectivity index (χ0v) is 8.80. The molecule has 1 unspecified atom stereocenters. The molecule has 0 aromatic heterocycles. The van der Waals surface area contributed by atoms with Crippen molar-refractivity contribution < 1.29 is 9.59 Å². The second-order valence-electron chi connectivity index (χ2n) is 2.97. The Kier molecular flexibility index (Phi) is 8.07. The smallest absolute Gasteiger partial charge is 0.236 e. The van der Waals surface area contributed by atoms with Crippen molar-refractivity contribution in [2.75, 3.05) is 27.2 Å². The van der Waals surface area contributed by atoms with Crippen molar-refractivity contribution in [2.24, 2.45) is 0 Å². The van der Waals surface area contributed by atoms with Crippen molar-refractivity contribution in [3.05, 3.63) is 0 Å². The van der Waals surface area contributed by atoms with Gasteiger partial charge >= 0.3 is 0 Å². The second-order valence-corrected chi connectivity index (χ2v) is 2.97. The molecule has 14 heavy (non-hydrogen) atoms. The van der Waals surface area contributed by atoms with Crippen LogP contribution in [0, 0.1) is 0 Å². The van der Waals surface area contributed by atoms with Gasteiger partial charge in [-0.05, 0) is 26.4 Å². The molecule has 3 N–H and O–H groups in total. The lowest BCUT2D eigenvalue weighted by Crippen LogP contribution is -2.41. The van der Waals surface area contributed by atoms with Crippen LogP contribution in [0.1, 0.15) is 12.8 Å². The summed E-state index contributed by atoms with van der Waals surface area (Å²) in [5, 5.41) is 8.47. The second kappa shape index (κ2) is 8.65. The van der Waals surface area contributed by atoms with Crippen molar-refractivity contribution in [3.8, 4) is 0 Å². The summed E-state index contributed by atoms with van der Waals surface area (Å²) in [6, 6.07) is -0.141. The van der Waals surface area contributed by atoms with Crippen LogP contribution in [-0.2, 0) is 9.59 Å². The number of carbonyl (C=O) groups excluding carboxylic acids is 2. The van der Waals surface area contributed by atoms with E-state index in [1.807, 2.05) is 0 Å². The van der Waals surface area contributed by atoms with Gasteiger partial charge in [0.25, 0.3) is 0 Å². The summed E-state index contributed by atoms with van der Waals surface area (Å²) < 4.78 is 0. The average molecular weight is 201 g/mol. The minimum atomic E-state index is -0.141. The molecule has 0 aliphatic rings. The van der Waals surface area contributed by atoms with E-state index in [1.54, 1.807) is 14.1 Å². The van der Waals surface area contributed by atoms with E-state index in [0.29, 0.717) is 6.54 Å². The Morgan fingerprint density at radius 2 is 2.14 bits per heavy atom. The lowest BCUT2D eigenvalue weighted by atomic mass is 10.1. The molecule has 0 saturated carbocycles. The van der Waals surface area contributed by atoms with Crippen LogP contribution in [0.25, 0.3) is 0 Å². The molecule has 82 valence electrons. The van der Waals surface area contributed by atoms with Gasteiger partial charge in [0, 0.05) is 7.05 Å². The van der Waals surface area contributed by atoms with Gasteiger partial charge in [0.15, 0.2) is 0 Å². The lowest BCUT2D eigenvalue weighted by Gasteiger charge is -2.13. The molecule has 0 radical (unpaired) electrons. The molecule has 0 spiro atoms. The first-order valence-electron chi connectivity index (χ1n) is 4.79. The molecular formula is C9H19N3O2. The van der Waals surface area contributed by atoms with Crippen LogP contribution in [0.15, 0.2) is 0 Å². The molecule has 1 amide bonds. The molecule has 0 aromatic rings. The third-order valence-electron chi connectivity index (χ3n) is 1.99. The van der Waals surface area contributed by atoms with Crippen molar-refractivity contribution in [1.29, 1.82) is 0 Å². The summed E-state index contributed by atoms with van der Waals surface area (Å²) in [5.74, 6) is 0.00267. The normalized spacial score (nSPS) is 12.1. The number of nitrogens with one attached hydrogen (secondary N) is 3. The highest BCUT2D eigenvalue weighted by molar-refractivity contribution is 5.81. The topological polar surface area (TPSA) is 70.2 Å². The fraction of sp³-hybridized carbons (Fsp3) is 0.778. The first kappa shape index (κ1) is 13.1. The van der Waals surface area contributed by atoms with E-state index in [4.69, 9.17) is 0 Å². The number of likely N-dealkylation sites (N-methyl/N-ethyl adjacent to an activating group) is 2.